The minimum atomic E-state index is -3.65. The maximum absolute atomic E-state index is 12.4. The lowest BCUT2D eigenvalue weighted by atomic mass is 10.3. The third-order valence-electron chi connectivity index (χ3n) is 2.63. The fraction of sp³-hybridized carbons (Fsp3) is 0.214. The molecule has 1 heterocycles. The molecule has 0 bridgehead atoms. The highest BCUT2D eigenvalue weighted by Crippen LogP contribution is 2.21. The van der Waals surface area contributed by atoms with Crippen molar-refractivity contribution in [3.05, 3.63) is 48.7 Å². The lowest BCUT2D eigenvalue weighted by Gasteiger charge is -2.12. The van der Waals surface area contributed by atoms with Gasteiger partial charge >= 0.3 is 0 Å². The predicted octanol–water partition coefficient (Wildman–Crippen LogP) is 2.70. The van der Waals surface area contributed by atoms with Gasteiger partial charge in [0.15, 0.2) is 0 Å². The fourth-order valence-electron chi connectivity index (χ4n) is 1.70. The maximum atomic E-state index is 12.4. The Morgan fingerprint density at radius 2 is 1.85 bits per heavy atom. The van der Waals surface area contributed by atoms with Gasteiger partial charge in [0, 0.05) is 18.4 Å². The Kier molecular flexibility index (Phi) is 4.57. The van der Waals surface area contributed by atoms with Crippen LogP contribution in [0.4, 0.5) is 11.5 Å². The average Bonchev–Trinajstić information content (AvgIpc) is 2.46. The number of nitrogens with one attached hydrogen (secondary N) is 2. The standard InChI is InChI=1S/C14H17N3O2S/c1-2-10-15-14-13(9-6-11-16-14)20(18,19)17-12-7-4-3-5-8-12/h3-9,11,17H,2,10H2,1H3,(H,15,16). The van der Waals surface area contributed by atoms with Crippen molar-refractivity contribution in [2.45, 2.75) is 18.2 Å². The SMILES string of the molecule is CCCNc1ncccc1S(=O)(=O)Nc1ccccc1. The Morgan fingerprint density at radius 3 is 2.55 bits per heavy atom. The second kappa shape index (κ2) is 6.38. The third-order valence-corrected chi connectivity index (χ3v) is 4.04. The first-order chi connectivity index (χ1) is 9.63. The van der Waals surface area contributed by atoms with Crippen molar-refractivity contribution < 1.29 is 8.42 Å². The minimum Gasteiger partial charge on any atom is -0.369 e. The molecule has 0 amide bonds. The van der Waals surface area contributed by atoms with Crippen LogP contribution >= 0.6 is 0 Å². The van der Waals surface area contributed by atoms with Crippen LogP contribution < -0.4 is 10.0 Å². The van der Waals surface area contributed by atoms with Gasteiger partial charge in [0.2, 0.25) is 0 Å². The van der Waals surface area contributed by atoms with Crippen LogP contribution in [-0.4, -0.2) is 19.9 Å². The molecule has 1 aromatic carbocycles. The maximum Gasteiger partial charge on any atom is 0.265 e. The van der Waals surface area contributed by atoms with E-state index in [0.717, 1.165) is 6.42 Å². The molecule has 0 spiro atoms. The van der Waals surface area contributed by atoms with Gasteiger partial charge in [0.25, 0.3) is 10.0 Å². The normalized spacial score (nSPS) is 11.1. The van der Waals surface area contributed by atoms with Crippen LogP contribution in [0, 0.1) is 0 Å². The number of sulfonamides is 1. The first-order valence-corrected chi connectivity index (χ1v) is 7.88. The summed E-state index contributed by atoms with van der Waals surface area (Å²) >= 11 is 0. The highest BCUT2D eigenvalue weighted by atomic mass is 32.2. The molecule has 20 heavy (non-hydrogen) atoms. The van der Waals surface area contributed by atoms with Gasteiger partial charge in [-0.2, -0.15) is 0 Å². The van der Waals surface area contributed by atoms with Crippen LogP contribution in [-0.2, 0) is 10.0 Å². The van der Waals surface area contributed by atoms with Crippen LogP contribution in [0.15, 0.2) is 53.6 Å². The van der Waals surface area contributed by atoms with E-state index in [-0.39, 0.29) is 4.90 Å². The molecule has 0 atom stereocenters. The summed E-state index contributed by atoms with van der Waals surface area (Å²) < 4.78 is 27.3. The van der Waals surface area contributed by atoms with E-state index < -0.39 is 10.0 Å². The zero-order valence-electron chi connectivity index (χ0n) is 11.2. The number of para-hydroxylation sites is 1. The number of aromatic nitrogens is 1. The zero-order valence-corrected chi connectivity index (χ0v) is 12.0. The molecule has 1 aromatic heterocycles. The summed E-state index contributed by atoms with van der Waals surface area (Å²) in [7, 11) is -3.65. The Bertz CT molecular complexity index is 657. The topological polar surface area (TPSA) is 71.1 Å². The fourth-order valence-corrected chi connectivity index (χ4v) is 2.89. The van der Waals surface area contributed by atoms with Gasteiger partial charge in [-0.15, -0.1) is 0 Å². The third kappa shape index (κ3) is 3.48. The van der Waals surface area contributed by atoms with E-state index in [2.05, 4.69) is 15.0 Å². The van der Waals surface area contributed by atoms with Gasteiger partial charge in [-0.25, -0.2) is 13.4 Å². The van der Waals surface area contributed by atoms with E-state index in [1.807, 2.05) is 13.0 Å². The Morgan fingerprint density at radius 1 is 1.10 bits per heavy atom. The molecule has 0 aliphatic heterocycles. The second-order valence-electron chi connectivity index (χ2n) is 4.25. The summed E-state index contributed by atoms with van der Waals surface area (Å²) in [5.74, 6) is 0.373. The summed E-state index contributed by atoms with van der Waals surface area (Å²) in [6, 6.07) is 11.9. The number of hydrogen-bond acceptors (Lipinski definition) is 4. The van der Waals surface area contributed by atoms with Crippen molar-refractivity contribution in [2.24, 2.45) is 0 Å². The van der Waals surface area contributed by atoms with Gasteiger partial charge < -0.3 is 5.32 Å². The zero-order chi connectivity index (χ0) is 14.4. The molecule has 0 aliphatic carbocycles. The molecule has 0 radical (unpaired) electrons. The number of benzene rings is 1. The summed E-state index contributed by atoms with van der Waals surface area (Å²) in [5, 5.41) is 3.02. The predicted molar refractivity (Wildman–Crippen MR) is 80.3 cm³/mol. The van der Waals surface area contributed by atoms with Gasteiger partial charge in [0.05, 0.1) is 0 Å². The van der Waals surface area contributed by atoms with Gasteiger partial charge in [-0.3, -0.25) is 4.72 Å². The van der Waals surface area contributed by atoms with E-state index in [9.17, 15) is 8.42 Å². The van der Waals surface area contributed by atoms with Crippen molar-refractivity contribution in [3.8, 4) is 0 Å². The van der Waals surface area contributed by atoms with Crippen molar-refractivity contribution in [1.82, 2.24) is 4.98 Å². The number of rotatable bonds is 6. The Labute approximate surface area is 119 Å². The molecule has 2 rings (SSSR count). The van der Waals surface area contributed by atoms with Crippen LogP contribution in [0.2, 0.25) is 0 Å². The van der Waals surface area contributed by atoms with Crippen molar-refractivity contribution in [1.29, 1.82) is 0 Å². The minimum absolute atomic E-state index is 0.150. The Hall–Kier alpha value is -2.08. The summed E-state index contributed by atoms with van der Waals surface area (Å²) in [5.41, 5.74) is 0.526. The van der Waals surface area contributed by atoms with E-state index in [0.29, 0.717) is 18.1 Å². The quantitative estimate of drug-likeness (QED) is 0.858. The molecular formula is C14H17N3O2S. The molecule has 0 saturated heterocycles. The molecule has 0 aliphatic rings. The van der Waals surface area contributed by atoms with Crippen molar-refractivity contribution in [3.63, 3.8) is 0 Å². The molecule has 2 N–H and O–H groups in total. The summed E-state index contributed by atoms with van der Waals surface area (Å²) in [6.45, 7) is 2.68. The lowest BCUT2D eigenvalue weighted by molar-refractivity contribution is 0.601. The van der Waals surface area contributed by atoms with Gasteiger partial charge in [-0.1, -0.05) is 25.1 Å². The molecule has 6 heteroatoms. The molecule has 0 fully saturated rings. The molecular weight excluding hydrogens is 274 g/mol. The molecule has 0 unspecified atom stereocenters. The van der Waals surface area contributed by atoms with Crippen LogP contribution in [0.25, 0.3) is 0 Å². The Balaban J connectivity index is 2.30. The van der Waals surface area contributed by atoms with Gasteiger partial charge in [0.1, 0.15) is 10.7 Å². The van der Waals surface area contributed by atoms with E-state index in [4.69, 9.17) is 0 Å². The van der Waals surface area contributed by atoms with E-state index in [1.54, 1.807) is 36.5 Å². The first-order valence-electron chi connectivity index (χ1n) is 6.40. The van der Waals surface area contributed by atoms with E-state index >= 15 is 0 Å². The van der Waals surface area contributed by atoms with E-state index in [1.165, 1.54) is 6.07 Å². The van der Waals surface area contributed by atoms with Gasteiger partial charge in [-0.05, 0) is 30.7 Å². The highest BCUT2D eigenvalue weighted by molar-refractivity contribution is 7.92. The average molecular weight is 291 g/mol. The van der Waals surface area contributed by atoms with Crippen LogP contribution in [0.1, 0.15) is 13.3 Å². The monoisotopic (exact) mass is 291 g/mol. The highest BCUT2D eigenvalue weighted by Gasteiger charge is 2.19. The lowest BCUT2D eigenvalue weighted by Crippen LogP contribution is -2.16. The molecule has 2 aromatic rings. The van der Waals surface area contributed by atoms with Crippen LogP contribution in [0.5, 0.6) is 0 Å². The molecule has 0 saturated carbocycles. The number of anilines is 2. The number of hydrogen-bond donors (Lipinski definition) is 2. The van der Waals surface area contributed by atoms with Crippen molar-refractivity contribution in [2.75, 3.05) is 16.6 Å². The number of pyridine rings is 1. The summed E-state index contributed by atoms with van der Waals surface area (Å²) in [4.78, 5) is 4.24. The largest absolute Gasteiger partial charge is 0.369 e. The van der Waals surface area contributed by atoms with Crippen molar-refractivity contribution >= 4 is 21.5 Å². The molecule has 5 nitrogen and oxygen atoms in total. The second-order valence-corrected chi connectivity index (χ2v) is 5.90. The number of nitrogens with zero attached hydrogens (tertiary/aromatic N) is 1. The first kappa shape index (κ1) is 14.3. The molecule has 106 valence electrons. The smallest absolute Gasteiger partial charge is 0.265 e. The van der Waals surface area contributed by atoms with Crippen LogP contribution in [0.3, 0.4) is 0 Å². The summed E-state index contributed by atoms with van der Waals surface area (Å²) in [6.07, 6.45) is 2.46.